The highest BCUT2D eigenvalue weighted by Crippen LogP contribution is 2.21. The Labute approximate surface area is 95.2 Å². The fourth-order valence-electron chi connectivity index (χ4n) is 1.40. The Kier molecular flexibility index (Phi) is 2.41. The number of hydrogen-bond acceptors (Lipinski definition) is 1. The van der Waals surface area contributed by atoms with Crippen LogP contribution in [-0.2, 0) is 0 Å². The third kappa shape index (κ3) is 1.59. The van der Waals surface area contributed by atoms with Crippen molar-refractivity contribution >= 4 is 39.3 Å². The summed E-state index contributed by atoms with van der Waals surface area (Å²) in [5, 5.41) is 2.17. The molecule has 14 heavy (non-hydrogen) atoms. The summed E-state index contributed by atoms with van der Waals surface area (Å²) in [6.07, 6.45) is 0. The average Bonchev–Trinajstić information content (AvgIpc) is 2.16. The quantitative estimate of drug-likeness (QED) is 0.808. The molecule has 0 heterocycles. The molecule has 0 saturated heterocycles. The Balaban J connectivity index is 2.77. The van der Waals surface area contributed by atoms with Crippen LogP contribution in [0.4, 0.5) is 0 Å². The number of carbonyl (C=O) groups is 1. The van der Waals surface area contributed by atoms with Crippen molar-refractivity contribution in [3.8, 4) is 0 Å². The van der Waals surface area contributed by atoms with E-state index in [1.165, 1.54) is 0 Å². The van der Waals surface area contributed by atoms with Gasteiger partial charge in [-0.25, -0.2) is 0 Å². The second-order valence-electron chi connectivity index (χ2n) is 3.04. The Hall–Kier alpha value is -1.10. The van der Waals surface area contributed by atoms with Crippen LogP contribution in [0.1, 0.15) is 10.4 Å². The Morgan fingerprint density at radius 1 is 1.14 bits per heavy atom. The number of rotatable bonds is 1. The molecule has 0 aliphatic heterocycles. The van der Waals surface area contributed by atoms with Gasteiger partial charge in [-0.3, -0.25) is 4.79 Å². The number of amides is 1. The molecular formula is C11H8INO. The molecule has 0 unspecified atom stereocenters. The van der Waals surface area contributed by atoms with E-state index in [1.807, 2.05) is 36.4 Å². The van der Waals surface area contributed by atoms with Crippen molar-refractivity contribution in [3.63, 3.8) is 0 Å². The third-order valence-corrected chi connectivity index (χ3v) is 2.99. The van der Waals surface area contributed by atoms with Crippen molar-refractivity contribution in [3.05, 3.63) is 45.5 Å². The number of fused-ring (bicyclic) bond motifs is 1. The van der Waals surface area contributed by atoms with E-state index < -0.39 is 0 Å². The summed E-state index contributed by atoms with van der Waals surface area (Å²) in [5.41, 5.74) is 5.85. The fourth-order valence-corrected chi connectivity index (χ4v) is 2.16. The zero-order chi connectivity index (χ0) is 10.1. The molecule has 0 saturated carbocycles. The van der Waals surface area contributed by atoms with Gasteiger partial charge >= 0.3 is 0 Å². The molecule has 0 spiro atoms. The van der Waals surface area contributed by atoms with Gasteiger partial charge in [-0.15, -0.1) is 0 Å². The van der Waals surface area contributed by atoms with E-state index >= 15 is 0 Å². The number of halogens is 1. The average molecular weight is 297 g/mol. The van der Waals surface area contributed by atoms with E-state index in [1.54, 1.807) is 0 Å². The molecule has 2 N–H and O–H groups in total. The van der Waals surface area contributed by atoms with E-state index in [0.29, 0.717) is 5.56 Å². The van der Waals surface area contributed by atoms with Gasteiger partial charge in [0.25, 0.3) is 0 Å². The summed E-state index contributed by atoms with van der Waals surface area (Å²) in [6.45, 7) is 0. The second-order valence-corrected chi connectivity index (χ2v) is 4.21. The van der Waals surface area contributed by atoms with Crippen LogP contribution in [0.25, 0.3) is 10.8 Å². The van der Waals surface area contributed by atoms with Crippen LogP contribution in [0.2, 0.25) is 0 Å². The summed E-state index contributed by atoms with van der Waals surface area (Å²) in [7, 11) is 0. The molecule has 0 radical (unpaired) electrons. The minimum atomic E-state index is -0.375. The van der Waals surface area contributed by atoms with Gasteiger partial charge in [0.05, 0.1) is 5.56 Å². The van der Waals surface area contributed by atoms with Gasteiger partial charge in [0.15, 0.2) is 0 Å². The molecule has 3 heteroatoms. The maximum atomic E-state index is 11.1. The lowest BCUT2D eigenvalue weighted by Gasteiger charge is -2.03. The molecule has 2 aromatic rings. The van der Waals surface area contributed by atoms with Crippen molar-refractivity contribution in [1.29, 1.82) is 0 Å². The highest BCUT2D eigenvalue weighted by atomic mass is 127. The van der Waals surface area contributed by atoms with Crippen LogP contribution in [0, 0.1) is 3.57 Å². The molecule has 1 amide bonds. The van der Waals surface area contributed by atoms with E-state index in [-0.39, 0.29) is 5.91 Å². The molecule has 2 rings (SSSR count). The number of carbonyl (C=O) groups excluding carboxylic acids is 1. The predicted octanol–water partition coefficient (Wildman–Crippen LogP) is 2.54. The Morgan fingerprint density at radius 2 is 1.71 bits per heavy atom. The minimum absolute atomic E-state index is 0.375. The highest BCUT2D eigenvalue weighted by Gasteiger charge is 2.06. The van der Waals surface area contributed by atoms with Crippen LogP contribution >= 0.6 is 22.6 Å². The highest BCUT2D eigenvalue weighted by molar-refractivity contribution is 14.1. The summed E-state index contributed by atoms with van der Waals surface area (Å²) >= 11 is 2.12. The zero-order valence-corrected chi connectivity index (χ0v) is 9.49. The molecule has 0 atom stereocenters. The topological polar surface area (TPSA) is 43.1 Å². The molecule has 0 aliphatic carbocycles. The van der Waals surface area contributed by atoms with Gasteiger partial charge in [0, 0.05) is 3.57 Å². The first-order valence-electron chi connectivity index (χ1n) is 4.16. The maximum absolute atomic E-state index is 11.1. The summed E-state index contributed by atoms with van der Waals surface area (Å²) in [5.74, 6) is -0.375. The maximum Gasteiger partial charge on any atom is 0.249 e. The lowest BCUT2D eigenvalue weighted by molar-refractivity contribution is 0.0999. The Bertz CT molecular complexity index is 508. The smallest absolute Gasteiger partial charge is 0.249 e. The van der Waals surface area contributed by atoms with Gasteiger partial charge in [-0.2, -0.15) is 0 Å². The normalized spacial score (nSPS) is 10.4. The summed E-state index contributed by atoms with van der Waals surface area (Å²) in [6, 6.07) is 11.7. The molecular weight excluding hydrogens is 289 g/mol. The van der Waals surface area contributed by atoms with E-state index in [2.05, 4.69) is 22.6 Å². The van der Waals surface area contributed by atoms with Crippen molar-refractivity contribution in [1.82, 2.24) is 0 Å². The van der Waals surface area contributed by atoms with Gasteiger partial charge in [-0.05, 0) is 45.5 Å². The first-order valence-corrected chi connectivity index (χ1v) is 5.24. The predicted molar refractivity (Wildman–Crippen MR) is 65.2 cm³/mol. The standard InChI is InChI=1S/C11H8INO/c12-10-6-8-4-2-1-3-7(8)5-9(10)11(13)14/h1-6H,(H2,13,14). The van der Waals surface area contributed by atoms with Gasteiger partial charge < -0.3 is 5.73 Å². The first kappa shape index (κ1) is 9.45. The second kappa shape index (κ2) is 3.57. The molecule has 2 aromatic carbocycles. The van der Waals surface area contributed by atoms with Crippen LogP contribution in [0.15, 0.2) is 36.4 Å². The zero-order valence-electron chi connectivity index (χ0n) is 7.33. The largest absolute Gasteiger partial charge is 0.366 e. The molecule has 70 valence electrons. The van der Waals surface area contributed by atoms with Crippen LogP contribution in [0.5, 0.6) is 0 Å². The lowest BCUT2D eigenvalue weighted by atomic mass is 10.1. The minimum Gasteiger partial charge on any atom is -0.366 e. The van der Waals surface area contributed by atoms with Gasteiger partial charge in [0.1, 0.15) is 0 Å². The fraction of sp³-hybridized carbons (Fsp3) is 0. The monoisotopic (exact) mass is 297 g/mol. The summed E-state index contributed by atoms with van der Waals surface area (Å²) < 4.78 is 0.897. The first-order chi connectivity index (χ1) is 6.68. The van der Waals surface area contributed by atoms with Gasteiger partial charge in [0.2, 0.25) is 5.91 Å². The molecule has 2 nitrogen and oxygen atoms in total. The Morgan fingerprint density at radius 3 is 2.29 bits per heavy atom. The van der Waals surface area contributed by atoms with Crippen molar-refractivity contribution < 1.29 is 4.79 Å². The molecule has 0 bridgehead atoms. The van der Waals surface area contributed by atoms with E-state index in [0.717, 1.165) is 14.3 Å². The van der Waals surface area contributed by atoms with Crippen LogP contribution in [0.3, 0.4) is 0 Å². The van der Waals surface area contributed by atoms with Crippen molar-refractivity contribution in [2.45, 2.75) is 0 Å². The SMILES string of the molecule is NC(=O)c1cc2ccccc2cc1I. The molecule has 0 aliphatic rings. The number of primary amides is 1. The third-order valence-electron chi connectivity index (χ3n) is 2.10. The summed E-state index contributed by atoms with van der Waals surface area (Å²) in [4.78, 5) is 11.1. The molecule has 0 fully saturated rings. The lowest BCUT2D eigenvalue weighted by Crippen LogP contribution is -2.12. The number of nitrogens with two attached hydrogens (primary N) is 1. The number of hydrogen-bond donors (Lipinski definition) is 1. The number of benzene rings is 2. The molecule has 0 aromatic heterocycles. The van der Waals surface area contributed by atoms with E-state index in [9.17, 15) is 4.79 Å². The van der Waals surface area contributed by atoms with Crippen LogP contribution in [-0.4, -0.2) is 5.91 Å². The van der Waals surface area contributed by atoms with Crippen molar-refractivity contribution in [2.75, 3.05) is 0 Å². The van der Waals surface area contributed by atoms with Crippen molar-refractivity contribution in [2.24, 2.45) is 5.73 Å². The van der Waals surface area contributed by atoms with E-state index in [4.69, 9.17) is 5.73 Å². The van der Waals surface area contributed by atoms with Gasteiger partial charge in [-0.1, -0.05) is 24.3 Å². The van der Waals surface area contributed by atoms with Crippen LogP contribution < -0.4 is 5.73 Å².